The third kappa shape index (κ3) is 5.47. The molecule has 6 heteroatoms. The Morgan fingerprint density at radius 3 is 2.56 bits per heavy atom. The molecule has 0 bridgehead atoms. The molecule has 27 heavy (non-hydrogen) atoms. The summed E-state index contributed by atoms with van der Waals surface area (Å²) in [6.45, 7) is 4.27. The summed E-state index contributed by atoms with van der Waals surface area (Å²) in [6, 6.07) is 14.2. The molecule has 3 rings (SSSR count). The van der Waals surface area contributed by atoms with E-state index in [1.807, 2.05) is 18.2 Å². The Morgan fingerprint density at radius 2 is 1.74 bits per heavy atom. The number of fused-ring (bicyclic) bond motifs is 1. The van der Waals surface area contributed by atoms with Crippen LogP contribution in [0, 0.1) is 0 Å². The van der Waals surface area contributed by atoms with Crippen molar-refractivity contribution in [2.75, 3.05) is 26.2 Å². The van der Waals surface area contributed by atoms with Crippen molar-refractivity contribution >= 4 is 34.1 Å². The number of nitrogens with one attached hydrogen (secondary N) is 2. The molecule has 1 aromatic heterocycles. The minimum Gasteiger partial charge on any atom is -0.395 e. The summed E-state index contributed by atoms with van der Waals surface area (Å²) in [6.07, 6.45) is 3.24. The van der Waals surface area contributed by atoms with E-state index in [1.165, 1.54) is 16.5 Å². The first-order valence-electron chi connectivity index (χ1n) is 9.22. The number of nitrogens with zero attached hydrogens (tertiary/aromatic N) is 1. The monoisotopic (exact) mass is 405 g/mol. The summed E-state index contributed by atoms with van der Waals surface area (Å²) in [5.41, 5.74) is 3.62. The van der Waals surface area contributed by atoms with Crippen LogP contribution < -0.4 is 10.6 Å². The molecule has 0 amide bonds. The Hall–Kier alpha value is -1.56. The lowest BCUT2D eigenvalue weighted by atomic mass is 10.2. The van der Waals surface area contributed by atoms with Gasteiger partial charge in [0.05, 0.1) is 16.7 Å². The van der Waals surface area contributed by atoms with Gasteiger partial charge >= 0.3 is 0 Å². The van der Waals surface area contributed by atoms with E-state index in [-0.39, 0.29) is 6.61 Å². The number of aliphatic hydroxyl groups is 1. The standard InChI is InChI=1S/C21H25Cl2N3O/c22-19-7-6-16(12-20(19)23)14-26-15-17(18-4-1-2-5-21(18)26)13-25-9-3-8-24-10-11-27/h1-2,4-7,12,15,24-25,27H,3,8-11,13-14H2. The van der Waals surface area contributed by atoms with Gasteiger partial charge in [-0.05, 0) is 48.8 Å². The Balaban J connectivity index is 1.67. The summed E-state index contributed by atoms with van der Waals surface area (Å²) < 4.78 is 2.26. The maximum absolute atomic E-state index is 8.76. The first kappa shape index (κ1) is 20.2. The van der Waals surface area contributed by atoms with Crippen LogP contribution >= 0.6 is 23.2 Å². The van der Waals surface area contributed by atoms with Crippen molar-refractivity contribution in [1.29, 1.82) is 0 Å². The van der Waals surface area contributed by atoms with Crippen molar-refractivity contribution < 1.29 is 5.11 Å². The molecule has 4 nitrogen and oxygen atoms in total. The van der Waals surface area contributed by atoms with E-state index >= 15 is 0 Å². The average Bonchev–Trinajstić information content (AvgIpc) is 3.02. The Kier molecular flexibility index (Phi) is 7.56. The Morgan fingerprint density at radius 1 is 0.926 bits per heavy atom. The van der Waals surface area contributed by atoms with Crippen molar-refractivity contribution in [3.8, 4) is 0 Å². The highest BCUT2D eigenvalue weighted by Gasteiger charge is 2.09. The quantitative estimate of drug-likeness (QED) is 0.445. The van der Waals surface area contributed by atoms with Crippen molar-refractivity contribution in [2.45, 2.75) is 19.5 Å². The summed E-state index contributed by atoms with van der Waals surface area (Å²) >= 11 is 12.2. The normalized spacial score (nSPS) is 11.4. The summed E-state index contributed by atoms with van der Waals surface area (Å²) in [4.78, 5) is 0. The number of para-hydroxylation sites is 1. The zero-order valence-electron chi connectivity index (χ0n) is 15.2. The fourth-order valence-corrected chi connectivity index (χ4v) is 3.52. The van der Waals surface area contributed by atoms with Gasteiger partial charge in [-0.25, -0.2) is 0 Å². The van der Waals surface area contributed by atoms with E-state index in [0.717, 1.165) is 38.2 Å². The summed E-state index contributed by atoms with van der Waals surface area (Å²) in [5.74, 6) is 0. The lowest BCUT2D eigenvalue weighted by Gasteiger charge is -2.07. The SMILES string of the molecule is OCCNCCCNCc1cn(Cc2ccc(Cl)c(Cl)c2)c2ccccc12. The molecule has 3 aromatic rings. The third-order valence-electron chi connectivity index (χ3n) is 4.52. The maximum Gasteiger partial charge on any atom is 0.0595 e. The minimum absolute atomic E-state index is 0.186. The number of hydrogen-bond acceptors (Lipinski definition) is 3. The second-order valence-electron chi connectivity index (χ2n) is 6.55. The molecule has 1 heterocycles. The van der Waals surface area contributed by atoms with Crippen LogP contribution in [0.1, 0.15) is 17.5 Å². The topological polar surface area (TPSA) is 49.2 Å². The molecule has 0 saturated carbocycles. The Bertz CT molecular complexity index is 879. The molecule has 0 spiro atoms. The molecule has 0 aliphatic rings. The number of rotatable bonds is 10. The molecule has 0 aliphatic heterocycles. The second kappa shape index (κ2) is 10.1. The second-order valence-corrected chi connectivity index (χ2v) is 7.37. The molecule has 144 valence electrons. The highest BCUT2D eigenvalue weighted by molar-refractivity contribution is 6.42. The van der Waals surface area contributed by atoms with E-state index in [1.54, 1.807) is 0 Å². The number of aliphatic hydroxyl groups excluding tert-OH is 1. The van der Waals surface area contributed by atoms with Gasteiger partial charge in [-0.1, -0.05) is 47.5 Å². The zero-order chi connectivity index (χ0) is 19.1. The van der Waals surface area contributed by atoms with Gasteiger partial charge in [0.15, 0.2) is 0 Å². The van der Waals surface area contributed by atoms with Gasteiger partial charge in [-0.2, -0.15) is 0 Å². The van der Waals surface area contributed by atoms with Gasteiger partial charge in [0.25, 0.3) is 0 Å². The van der Waals surface area contributed by atoms with Crippen LogP contribution in [0.3, 0.4) is 0 Å². The van der Waals surface area contributed by atoms with Crippen molar-refractivity contribution in [3.05, 3.63) is 69.8 Å². The van der Waals surface area contributed by atoms with Crippen molar-refractivity contribution in [3.63, 3.8) is 0 Å². The average molecular weight is 406 g/mol. The lowest BCUT2D eigenvalue weighted by molar-refractivity contribution is 0.292. The fourth-order valence-electron chi connectivity index (χ4n) is 3.19. The smallest absolute Gasteiger partial charge is 0.0595 e. The molecular formula is C21H25Cl2N3O. The van der Waals surface area contributed by atoms with Crippen LogP contribution in [0.2, 0.25) is 10.0 Å². The van der Waals surface area contributed by atoms with Crippen LogP contribution in [0.15, 0.2) is 48.7 Å². The van der Waals surface area contributed by atoms with Crippen LogP contribution in [0.5, 0.6) is 0 Å². The molecule has 2 aromatic carbocycles. The van der Waals surface area contributed by atoms with Crippen LogP contribution in [0.25, 0.3) is 10.9 Å². The first-order valence-corrected chi connectivity index (χ1v) is 9.97. The lowest BCUT2D eigenvalue weighted by Crippen LogP contribution is -2.23. The number of benzene rings is 2. The summed E-state index contributed by atoms with van der Waals surface area (Å²) in [7, 11) is 0. The van der Waals surface area contributed by atoms with Gasteiger partial charge in [0.2, 0.25) is 0 Å². The molecule has 0 atom stereocenters. The predicted octanol–water partition coefficient (Wildman–Crippen LogP) is 4.06. The van der Waals surface area contributed by atoms with E-state index in [0.29, 0.717) is 16.6 Å². The largest absolute Gasteiger partial charge is 0.395 e. The van der Waals surface area contributed by atoms with Gasteiger partial charge in [0.1, 0.15) is 0 Å². The minimum atomic E-state index is 0.186. The van der Waals surface area contributed by atoms with Crippen molar-refractivity contribution in [1.82, 2.24) is 15.2 Å². The van der Waals surface area contributed by atoms with Gasteiger partial charge in [-0.15, -0.1) is 0 Å². The predicted molar refractivity (Wildman–Crippen MR) is 114 cm³/mol. The fraction of sp³-hybridized carbons (Fsp3) is 0.333. The highest BCUT2D eigenvalue weighted by Crippen LogP contribution is 2.26. The molecule has 3 N–H and O–H groups in total. The van der Waals surface area contributed by atoms with E-state index < -0.39 is 0 Å². The van der Waals surface area contributed by atoms with Gasteiger partial charge in [0, 0.05) is 36.7 Å². The van der Waals surface area contributed by atoms with Crippen molar-refractivity contribution in [2.24, 2.45) is 0 Å². The molecule has 0 saturated heterocycles. The van der Waals surface area contributed by atoms with E-state index in [4.69, 9.17) is 28.3 Å². The molecule has 0 radical (unpaired) electrons. The maximum atomic E-state index is 8.76. The molecule has 0 fully saturated rings. The Labute approximate surface area is 170 Å². The zero-order valence-corrected chi connectivity index (χ0v) is 16.7. The van der Waals surface area contributed by atoms with Crippen LogP contribution in [0.4, 0.5) is 0 Å². The van der Waals surface area contributed by atoms with E-state index in [2.05, 4.69) is 45.7 Å². The third-order valence-corrected chi connectivity index (χ3v) is 5.26. The number of aromatic nitrogens is 1. The number of hydrogen-bond donors (Lipinski definition) is 3. The summed E-state index contributed by atoms with van der Waals surface area (Å²) in [5, 5.41) is 17.9. The first-order chi connectivity index (χ1) is 13.2. The molecular weight excluding hydrogens is 381 g/mol. The molecule has 0 unspecified atom stereocenters. The van der Waals surface area contributed by atoms with E-state index in [9.17, 15) is 0 Å². The highest BCUT2D eigenvalue weighted by atomic mass is 35.5. The van der Waals surface area contributed by atoms with Crippen LogP contribution in [-0.2, 0) is 13.1 Å². The number of halogens is 2. The van der Waals surface area contributed by atoms with Gasteiger partial charge in [-0.3, -0.25) is 0 Å². The van der Waals surface area contributed by atoms with Crippen LogP contribution in [-0.4, -0.2) is 35.9 Å². The van der Waals surface area contributed by atoms with Gasteiger partial charge < -0.3 is 20.3 Å². The molecule has 0 aliphatic carbocycles.